The van der Waals surface area contributed by atoms with Crippen molar-refractivity contribution in [2.45, 2.75) is 95.2 Å². The summed E-state index contributed by atoms with van der Waals surface area (Å²) < 4.78 is 13.6. The third-order valence-electron chi connectivity index (χ3n) is 12.9. The molecule has 3 atom stereocenters. The van der Waals surface area contributed by atoms with E-state index in [0.29, 0.717) is 13.0 Å². The van der Waals surface area contributed by atoms with Crippen LogP contribution in [0.2, 0.25) is 0 Å². The molecule has 4 aliphatic carbocycles. The quantitative estimate of drug-likeness (QED) is 0.111. The van der Waals surface area contributed by atoms with Gasteiger partial charge in [0.2, 0.25) is 0 Å². The summed E-state index contributed by atoms with van der Waals surface area (Å²) in [6, 6.07) is 46.2. The van der Waals surface area contributed by atoms with Crippen LogP contribution in [-0.4, -0.2) is 34.2 Å². The molecular weight excluding hydrogens is 707 g/mol. The second-order valence-corrected chi connectivity index (χ2v) is 17.3. The molecule has 5 aliphatic rings. The lowest BCUT2D eigenvalue weighted by Crippen LogP contribution is -2.61. The first kappa shape index (κ1) is 37.8. The summed E-state index contributed by atoms with van der Waals surface area (Å²) in [5, 5.41) is 16.4. The largest absolute Gasteiger partial charge is 0.392 e. The predicted octanol–water partition coefficient (Wildman–Crippen LogP) is 9.86. The average molecular weight is 762 g/mol. The van der Waals surface area contributed by atoms with Crippen molar-refractivity contribution in [3.63, 3.8) is 0 Å². The summed E-state index contributed by atoms with van der Waals surface area (Å²) in [5.41, 5.74) is 8.70. The van der Waals surface area contributed by atoms with Crippen molar-refractivity contribution in [1.29, 1.82) is 0 Å². The lowest BCUT2D eigenvalue weighted by atomic mass is 9.53. The van der Waals surface area contributed by atoms with E-state index in [9.17, 15) is 9.90 Å². The van der Waals surface area contributed by atoms with Crippen LogP contribution in [0.5, 0.6) is 0 Å². The van der Waals surface area contributed by atoms with Gasteiger partial charge in [0, 0.05) is 43.7 Å². The molecule has 1 saturated heterocycles. The number of carbonyl (C=O) groups is 1. The lowest BCUT2D eigenvalue weighted by molar-refractivity contribution is -0.253. The molecule has 4 bridgehead atoms. The van der Waals surface area contributed by atoms with Gasteiger partial charge in [-0.2, -0.15) is 0 Å². The SMILES string of the molecule is O=C(NCc1ccccc1-c1ccc(C2OC(CN(Cc3ccccc3)Cc3ccccc3)CC(c3ccc(CO)cc3)O2)cc1)NC12CC3CC(CC(C3)C1)C2. The summed E-state index contributed by atoms with van der Waals surface area (Å²) in [7, 11) is 0. The third-order valence-corrected chi connectivity index (χ3v) is 12.9. The predicted molar refractivity (Wildman–Crippen MR) is 224 cm³/mol. The summed E-state index contributed by atoms with van der Waals surface area (Å²) in [5.74, 6) is 2.36. The Bertz CT molecular complexity index is 2010. The zero-order valence-electron chi connectivity index (χ0n) is 32.8. The second kappa shape index (κ2) is 17.0. The smallest absolute Gasteiger partial charge is 0.315 e. The van der Waals surface area contributed by atoms with Gasteiger partial charge in [-0.15, -0.1) is 0 Å². The number of hydrogen-bond donors (Lipinski definition) is 3. The molecule has 1 heterocycles. The number of urea groups is 1. The van der Waals surface area contributed by atoms with Crippen LogP contribution in [0.3, 0.4) is 0 Å². The van der Waals surface area contributed by atoms with Gasteiger partial charge in [-0.1, -0.05) is 133 Å². The molecule has 57 heavy (non-hydrogen) atoms. The van der Waals surface area contributed by atoms with E-state index in [4.69, 9.17) is 9.47 Å². The molecular formula is C50H55N3O4. The maximum atomic E-state index is 13.3. The van der Waals surface area contributed by atoms with Gasteiger partial charge in [0.05, 0.1) is 18.8 Å². The molecule has 3 unspecified atom stereocenters. The van der Waals surface area contributed by atoms with Gasteiger partial charge in [-0.25, -0.2) is 4.79 Å². The number of aliphatic hydroxyl groups is 1. The van der Waals surface area contributed by atoms with Crippen LogP contribution in [0.15, 0.2) is 133 Å². The molecule has 7 nitrogen and oxygen atoms in total. The maximum Gasteiger partial charge on any atom is 0.315 e. The highest BCUT2D eigenvalue weighted by atomic mass is 16.7. The Hall–Kier alpha value is -4.79. The number of ether oxygens (including phenoxy) is 2. The Labute approximate surface area is 337 Å². The molecule has 1 aliphatic heterocycles. The summed E-state index contributed by atoms with van der Waals surface area (Å²) in [4.78, 5) is 15.8. The molecule has 5 aromatic carbocycles. The first-order valence-electron chi connectivity index (χ1n) is 21.0. The molecule has 3 N–H and O–H groups in total. The highest BCUT2D eigenvalue weighted by molar-refractivity contribution is 5.76. The van der Waals surface area contributed by atoms with E-state index in [0.717, 1.165) is 90.0 Å². The number of aliphatic hydroxyl groups excluding tert-OH is 1. The fourth-order valence-corrected chi connectivity index (χ4v) is 10.7. The molecule has 4 saturated carbocycles. The van der Waals surface area contributed by atoms with Crippen LogP contribution < -0.4 is 10.6 Å². The van der Waals surface area contributed by atoms with Crippen molar-refractivity contribution in [2.24, 2.45) is 17.8 Å². The van der Waals surface area contributed by atoms with Crippen LogP contribution in [0.25, 0.3) is 11.1 Å². The zero-order valence-corrected chi connectivity index (χ0v) is 32.8. The zero-order chi connectivity index (χ0) is 38.6. The van der Waals surface area contributed by atoms with Crippen molar-refractivity contribution in [1.82, 2.24) is 15.5 Å². The van der Waals surface area contributed by atoms with Crippen LogP contribution in [0.1, 0.15) is 90.7 Å². The van der Waals surface area contributed by atoms with Crippen molar-refractivity contribution in [2.75, 3.05) is 6.54 Å². The Morgan fingerprint density at radius 1 is 0.649 bits per heavy atom. The fourth-order valence-electron chi connectivity index (χ4n) is 10.7. The minimum Gasteiger partial charge on any atom is -0.392 e. The number of carbonyl (C=O) groups excluding carboxylic acids is 1. The number of hydrogen-bond acceptors (Lipinski definition) is 5. The average Bonchev–Trinajstić information content (AvgIpc) is 3.23. The number of amides is 2. The van der Waals surface area contributed by atoms with Crippen molar-refractivity contribution < 1.29 is 19.4 Å². The summed E-state index contributed by atoms with van der Waals surface area (Å²) in [6.45, 7) is 2.83. The van der Waals surface area contributed by atoms with E-state index < -0.39 is 6.29 Å². The number of rotatable bonds is 13. The Morgan fingerprint density at radius 3 is 1.84 bits per heavy atom. The van der Waals surface area contributed by atoms with Gasteiger partial charge >= 0.3 is 6.03 Å². The number of benzene rings is 5. The van der Waals surface area contributed by atoms with Gasteiger partial charge in [0.25, 0.3) is 0 Å². The summed E-state index contributed by atoms with van der Waals surface area (Å²) >= 11 is 0. The normalized spacial score (nSPS) is 26.4. The standard InChI is InChI=1S/C50H55N3O4/c54-34-37-15-17-42(18-16-37)47-26-45(33-53(31-35-9-3-1-4-10-35)32-36-11-5-2-6-12-36)56-48(57-47)43-21-19-41(20-22-43)46-14-8-7-13-44(46)30-51-49(55)52-50-27-38-23-39(28-50)25-40(24-38)29-50/h1-22,38-40,45,47-48,54H,23-34H2,(H2,51,52,55). The molecule has 0 spiro atoms. The van der Waals surface area contributed by atoms with E-state index in [2.05, 4.69) is 131 Å². The Kier molecular flexibility index (Phi) is 11.2. The molecule has 5 fully saturated rings. The fraction of sp³-hybridized carbons (Fsp3) is 0.380. The van der Waals surface area contributed by atoms with E-state index in [1.807, 2.05) is 18.2 Å². The number of nitrogens with one attached hydrogen (secondary N) is 2. The molecule has 7 heteroatoms. The Morgan fingerprint density at radius 2 is 1.23 bits per heavy atom. The van der Waals surface area contributed by atoms with Crippen LogP contribution >= 0.6 is 0 Å². The molecule has 5 aromatic rings. The van der Waals surface area contributed by atoms with Gasteiger partial charge in [-0.3, -0.25) is 4.90 Å². The van der Waals surface area contributed by atoms with Crippen LogP contribution in [-0.2, 0) is 35.7 Å². The highest BCUT2D eigenvalue weighted by Gasteiger charge is 2.51. The first-order valence-corrected chi connectivity index (χ1v) is 21.0. The molecule has 0 radical (unpaired) electrons. The van der Waals surface area contributed by atoms with Crippen LogP contribution in [0.4, 0.5) is 4.79 Å². The van der Waals surface area contributed by atoms with Crippen molar-refractivity contribution in [3.05, 3.63) is 167 Å². The van der Waals surface area contributed by atoms with E-state index in [-0.39, 0.29) is 30.4 Å². The monoisotopic (exact) mass is 761 g/mol. The molecule has 2 amide bonds. The topological polar surface area (TPSA) is 83.1 Å². The van der Waals surface area contributed by atoms with E-state index >= 15 is 0 Å². The lowest BCUT2D eigenvalue weighted by Gasteiger charge is -2.56. The van der Waals surface area contributed by atoms with Crippen molar-refractivity contribution >= 4 is 6.03 Å². The van der Waals surface area contributed by atoms with Gasteiger partial charge in [-0.05, 0) is 95.2 Å². The second-order valence-electron chi connectivity index (χ2n) is 17.3. The molecule has 294 valence electrons. The van der Waals surface area contributed by atoms with Gasteiger partial charge in [0.1, 0.15) is 0 Å². The maximum absolute atomic E-state index is 13.3. The minimum atomic E-state index is -0.555. The third kappa shape index (κ3) is 9.03. The first-order chi connectivity index (χ1) is 28.0. The Balaban J connectivity index is 0.910. The molecule has 10 rings (SSSR count). The van der Waals surface area contributed by atoms with Gasteiger partial charge in [0.15, 0.2) is 6.29 Å². The molecule has 0 aromatic heterocycles. The van der Waals surface area contributed by atoms with Crippen molar-refractivity contribution in [3.8, 4) is 11.1 Å². The van der Waals surface area contributed by atoms with Crippen LogP contribution in [0, 0.1) is 17.8 Å². The van der Waals surface area contributed by atoms with E-state index in [1.165, 1.54) is 30.4 Å². The summed E-state index contributed by atoms with van der Waals surface area (Å²) in [6.07, 6.45) is 7.39. The van der Waals surface area contributed by atoms with E-state index in [1.54, 1.807) is 0 Å². The highest BCUT2D eigenvalue weighted by Crippen LogP contribution is 2.55. The number of nitrogens with zero attached hydrogens (tertiary/aromatic N) is 1. The minimum absolute atomic E-state index is 0.00861. The van der Waals surface area contributed by atoms with Gasteiger partial charge < -0.3 is 25.2 Å².